The first kappa shape index (κ1) is 16.0. The molecule has 0 fully saturated rings. The van der Waals surface area contributed by atoms with Gasteiger partial charge in [-0.15, -0.1) is 11.3 Å². The van der Waals surface area contributed by atoms with Crippen molar-refractivity contribution in [3.8, 4) is 5.75 Å². The van der Waals surface area contributed by atoms with Crippen LogP contribution in [0.2, 0.25) is 0 Å². The summed E-state index contributed by atoms with van der Waals surface area (Å²) in [7, 11) is 3.45. The van der Waals surface area contributed by atoms with E-state index in [-0.39, 0.29) is 5.91 Å². The van der Waals surface area contributed by atoms with Crippen molar-refractivity contribution in [2.75, 3.05) is 14.2 Å². The highest BCUT2D eigenvalue weighted by atomic mass is 79.9. The van der Waals surface area contributed by atoms with Crippen LogP contribution in [0, 0.1) is 13.8 Å². The summed E-state index contributed by atoms with van der Waals surface area (Å²) in [4.78, 5) is 16.2. The monoisotopic (exact) mass is 367 g/mol. The van der Waals surface area contributed by atoms with Crippen LogP contribution in [-0.2, 0) is 6.54 Å². The van der Waals surface area contributed by atoms with Gasteiger partial charge in [0, 0.05) is 28.5 Å². The molecule has 0 saturated heterocycles. The zero-order chi connectivity index (χ0) is 15.6. The Balaban J connectivity index is 2.19. The molecule has 2 aromatic rings. The molecule has 21 heavy (non-hydrogen) atoms. The Morgan fingerprint density at radius 1 is 1.33 bits per heavy atom. The third-order valence-electron chi connectivity index (χ3n) is 3.37. The van der Waals surface area contributed by atoms with Gasteiger partial charge in [-0.1, -0.05) is 15.9 Å². The quantitative estimate of drug-likeness (QED) is 0.800. The topological polar surface area (TPSA) is 29.5 Å². The molecule has 5 heteroatoms. The number of carbonyl (C=O) groups excluding carboxylic acids is 1. The summed E-state index contributed by atoms with van der Waals surface area (Å²) in [6.45, 7) is 4.57. The van der Waals surface area contributed by atoms with Gasteiger partial charge in [0.2, 0.25) is 0 Å². The number of hydrogen-bond acceptors (Lipinski definition) is 3. The van der Waals surface area contributed by atoms with Crippen LogP contribution >= 0.6 is 27.3 Å². The van der Waals surface area contributed by atoms with Crippen molar-refractivity contribution in [3.63, 3.8) is 0 Å². The molecule has 2 rings (SSSR count). The average Bonchev–Trinajstić information content (AvgIpc) is 2.78. The summed E-state index contributed by atoms with van der Waals surface area (Å²) in [5, 5.41) is 0. The van der Waals surface area contributed by atoms with E-state index in [1.54, 1.807) is 23.3 Å². The summed E-state index contributed by atoms with van der Waals surface area (Å²) >= 11 is 5.00. The van der Waals surface area contributed by atoms with Gasteiger partial charge >= 0.3 is 0 Å². The fourth-order valence-electron chi connectivity index (χ4n) is 2.06. The van der Waals surface area contributed by atoms with Crippen LogP contribution in [-0.4, -0.2) is 25.0 Å². The van der Waals surface area contributed by atoms with E-state index >= 15 is 0 Å². The smallest absolute Gasteiger partial charge is 0.263 e. The summed E-state index contributed by atoms with van der Waals surface area (Å²) in [6, 6.07) is 7.76. The second kappa shape index (κ2) is 6.62. The molecule has 0 bridgehead atoms. The van der Waals surface area contributed by atoms with Crippen LogP contribution in [0.15, 0.2) is 28.7 Å². The fraction of sp³-hybridized carbons (Fsp3) is 0.312. The summed E-state index contributed by atoms with van der Waals surface area (Å²) in [5.41, 5.74) is 2.14. The Hall–Kier alpha value is -1.33. The average molecular weight is 368 g/mol. The lowest BCUT2D eigenvalue weighted by Gasteiger charge is -2.18. The van der Waals surface area contributed by atoms with Gasteiger partial charge in [-0.25, -0.2) is 0 Å². The molecule has 112 valence electrons. The predicted molar refractivity (Wildman–Crippen MR) is 90.3 cm³/mol. The predicted octanol–water partition coefficient (Wildman–Crippen LogP) is 4.41. The zero-order valence-electron chi connectivity index (χ0n) is 12.6. The molecule has 0 spiro atoms. The van der Waals surface area contributed by atoms with Crippen molar-refractivity contribution < 1.29 is 9.53 Å². The van der Waals surface area contributed by atoms with Gasteiger partial charge in [0.25, 0.3) is 5.91 Å². The second-order valence-electron chi connectivity index (χ2n) is 4.97. The highest BCUT2D eigenvalue weighted by Gasteiger charge is 2.17. The highest BCUT2D eigenvalue weighted by molar-refractivity contribution is 9.10. The Morgan fingerprint density at radius 3 is 2.62 bits per heavy atom. The Labute approximate surface area is 137 Å². The Kier molecular flexibility index (Phi) is 5.06. The maximum Gasteiger partial charge on any atom is 0.263 e. The molecule has 1 amide bonds. The third kappa shape index (κ3) is 3.66. The molecule has 0 aliphatic rings. The van der Waals surface area contributed by atoms with E-state index in [2.05, 4.69) is 15.9 Å². The van der Waals surface area contributed by atoms with E-state index in [0.717, 1.165) is 26.2 Å². The van der Waals surface area contributed by atoms with E-state index in [9.17, 15) is 4.79 Å². The van der Waals surface area contributed by atoms with Crippen molar-refractivity contribution in [2.45, 2.75) is 20.4 Å². The standard InChI is InChI=1S/C16H18BrNO2S/c1-10-7-15(21-11(10)2)16(19)18(3)9-12-8-13(17)5-6-14(12)20-4/h5-8H,9H2,1-4H3. The molecule has 0 aliphatic heterocycles. The molecule has 1 aromatic heterocycles. The van der Waals surface area contributed by atoms with Crippen molar-refractivity contribution >= 4 is 33.2 Å². The number of nitrogens with zero attached hydrogens (tertiary/aromatic N) is 1. The molecule has 1 aromatic carbocycles. The highest BCUT2D eigenvalue weighted by Crippen LogP contribution is 2.26. The molecule has 0 aliphatic carbocycles. The minimum Gasteiger partial charge on any atom is -0.496 e. The molecule has 3 nitrogen and oxygen atoms in total. The number of amides is 1. The van der Waals surface area contributed by atoms with Gasteiger partial charge in [-0.05, 0) is 43.7 Å². The largest absolute Gasteiger partial charge is 0.496 e. The number of thiophene rings is 1. The molecule has 0 saturated carbocycles. The number of aryl methyl sites for hydroxylation is 2. The van der Waals surface area contributed by atoms with Crippen molar-refractivity contribution in [1.82, 2.24) is 4.90 Å². The van der Waals surface area contributed by atoms with Crippen LogP contribution in [0.5, 0.6) is 5.75 Å². The number of halogens is 1. The van der Waals surface area contributed by atoms with Crippen LogP contribution in [0.25, 0.3) is 0 Å². The number of ether oxygens (including phenoxy) is 1. The Bertz CT molecular complexity index is 647. The first-order chi connectivity index (χ1) is 9.92. The summed E-state index contributed by atoms with van der Waals surface area (Å²) in [6.07, 6.45) is 0. The summed E-state index contributed by atoms with van der Waals surface area (Å²) < 4.78 is 6.33. The maximum atomic E-state index is 12.5. The first-order valence-electron chi connectivity index (χ1n) is 6.57. The minimum absolute atomic E-state index is 0.0400. The van der Waals surface area contributed by atoms with Gasteiger partial charge in [0.05, 0.1) is 12.0 Å². The van der Waals surface area contributed by atoms with Crippen LogP contribution in [0.3, 0.4) is 0 Å². The molecular weight excluding hydrogens is 350 g/mol. The minimum atomic E-state index is 0.0400. The lowest BCUT2D eigenvalue weighted by molar-refractivity contribution is 0.0789. The van der Waals surface area contributed by atoms with Gasteiger partial charge in [0.15, 0.2) is 0 Å². The van der Waals surface area contributed by atoms with Gasteiger partial charge in [-0.3, -0.25) is 4.79 Å². The van der Waals surface area contributed by atoms with E-state index in [0.29, 0.717) is 6.54 Å². The summed E-state index contributed by atoms with van der Waals surface area (Å²) in [5.74, 6) is 0.828. The van der Waals surface area contributed by atoms with E-state index in [1.807, 2.05) is 45.2 Å². The number of rotatable bonds is 4. The third-order valence-corrected chi connectivity index (χ3v) is 5.01. The fourth-order valence-corrected chi connectivity index (χ4v) is 3.50. The van der Waals surface area contributed by atoms with E-state index in [1.165, 1.54) is 4.88 Å². The van der Waals surface area contributed by atoms with Crippen molar-refractivity contribution in [1.29, 1.82) is 0 Å². The van der Waals surface area contributed by atoms with E-state index in [4.69, 9.17) is 4.74 Å². The van der Waals surface area contributed by atoms with Crippen LogP contribution in [0.4, 0.5) is 0 Å². The molecule has 0 radical (unpaired) electrons. The zero-order valence-corrected chi connectivity index (χ0v) is 15.0. The van der Waals surface area contributed by atoms with E-state index < -0.39 is 0 Å². The van der Waals surface area contributed by atoms with Crippen molar-refractivity contribution in [2.24, 2.45) is 0 Å². The molecular formula is C16H18BrNO2S. The van der Waals surface area contributed by atoms with Crippen LogP contribution < -0.4 is 4.74 Å². The second-order valence-corrected chi connectivity index (χ2v) is 7.14. The number of hydrogen-bond donors (Lipinski definition) is 0. The van der Waals surface area contributed by atoms with Gasteiger partial charge < -0.3 is 9.64 Å². The number of carbonyl (C=O) groups is 1. The SMILES string of the molecule is COc1ccc(Br)cc1CN(C)C(=O)c1cc(C)c(C)s1. The normalized spacial score (nSPS) is 10.5. The van der Waals surface area contributed by atoms with Gasteiger partial charge in [-0.2, -0.15) is 0 Å². The lowest BCUT2D eigenvalue weighted by Crippen LogP contribution is -2.25. The van der Waals surface area contributed by atoms with Crippen molar-refractivity contribution in [3.05, 3.63) is 49.6 Å². The molecule has 0 atom stereocenters. The molecule has 1 heterocycles. The maximum absolute atomic E-state index is 12.5. The Morgan fingerprint density at radius 2 is 2.05 bits per heavy atom. The number of methoxy groups -OCH3 is 1. The number of benzene rings is 1. The molecule has 0 unspecified atom stereocenters. The van der Waals surface area contributed by atoms with Crippen LogP contribution in [0.1, 0.15) is 25.7 Å². The van der Waals surface area contributed by atoms with Gasteiger partial charge in [0.1, 0.15) is 5.75 Å². The first-order valence-corrected chi connectivity index (χ1v) is 8.18. The molecule has 0 N–H and O–H groups in total. The lowest BCUT2D eigenvalue weighted by atomic mass is 10.2.